The molecule has 0 saturated heterocycles. The van der Waals surface area contributed by atoms with Crippen LogP contribution >= 0.6 is 0 Å². The summed E-state index contributed by atoms with van der Waals surface area (Å²) in [4.78, 5) is 41.5. The lowest BCUT2D eigenvalue weighted by Gasteiger charge is -2.72. The number of hydrogen-bond acceptors (Lipinski definition) is 8. The van der Waals surface area contributed by atoms with Crippen molar-refractivity contribution < 1.29 is 33.7 Å². The van der Waals surface area contributed by atoms with E-state index in [9.17, 15) is 29.0 Å². The van der Waals surface area contributed by atoms with E-state index >= 15 is 0 Å². The van der Waals surface area contributed by atoms with Crippen molar-refractivity contribution in [2.75, 3.05) is 20.6 Å². The van der Waals surface area contributed by atoms with Crippen LogP contribution in [0, 0.1) is 62.0 Å². The van der Waals surface area contributed by atoms with Crippen molar-refractivity contribution in [1.82, 2.24) is 19.7 Å². The first kappa shape index (κ1) is 43.6. The number of allylic oxidation sites excluding steroid dienone is 1. The molecule has 7 rings (SSSR count). The van der Waals surface area contributed by atoms with Gasteiger partial charge in [-0.15, -0.1) is 10.2 Å². The highest BCUT2D eigenvalue weighted by molar-refractivity contribution is 6.00. The smallest absolute Gasteiger partial charge is 0.309 e. The second kappa shape index (κ2) is 14.9. The summed E-state index contributed by atoms with van der Waals surface area (Å²) in [5.74, 6) is 0.260. The monoisotopic (exact) mass is 817 g/mol. The summed E-state index contributed by atoms with van der Waals surface area (Å²) in [7, 11) is 4.00. The van der Waals surface area contributed by atoms with Gasteiger partial charge in [-0.3, -0.25) is 14.4 Å². The third kappa shape index (κ3) is 6.74. The van der Waals surface area contributed by atoms with E-state index in [1.54, 1.807) is 26.0 Å². The van der Waals surface area contributed by atoms with Crippen LogP contribution in [0.1, 0.15) is 138 Å². The number of fused-ring (bicyclic) bond motifs is 7. The Kier molecular flexibility index (Phi) is 11.0. The van der Waals surface area contributed by atoms with Gasteiger partial charge in [0.15, 0.2) is 17.4 Å². The topological polar surface area (TPSA) is 135 Å². The first-order chi connectivity index (χ1) is 27.4. The number of aliphatic hydroxyl groups excluding tert-OH is 1. The predicted molar refractivity (Wildman–Crippen MR) is 224 cm³/mol. The summed E-state index contributed by atoms with van der Waals surface area (Å²) >= 11 is 0. The average Bonchev–Trinajstić information content (AvgIpc) is 3.70. The van der Waals surface area contributed by atoms with E-state index in [0.29, 0.717) is 43.0 Å². The molecule has 0 aliphatic heterocycles. The lowest BCUT2D eigenvalue weighted by atomic mass is 9.33. The number of aliphatic carboxylic acids is 1. The fourth-order valence-electron chi connectivity index (χ4n) is 13.9. The Bertz CT molecular complexity index is 2020. The van der Waals surface area contributed by atoms with Gasteiger partial charge in [0.1, 0.15) is 18.0 Å². The summed E-state index contributed by atoms with van der Waals surface area (Å²) in [6.07, 6.45) is 5.96. The number of esters is 1. The largest absolute Gasteiger partial charge is 0.481 e. The minimum absolute atomic E-state index is 0.00212. The van der Waals surface area contributed by atoms with Gasteiger partial charge in [-0.25, -0.2) is 4.39 Å². The van der Waals surface area contributed by atoms with Crippen molar-refractivity contribution in [1.29, 1.82) is 0 Å². The number of hydrogen-bond donors (Lipinski definition) is 2. The van der Waals surface area contributed by atoms with Crippen molar-refractivity contribution in [2.45, 2.75) is 145 Å². The number of carbonyl (C=O) groups is 3. The first-order valence-corrected chi connectivity index (χ1v) is 22.2. The molecule has 2 unspecified atom stereocenters. The number of halogens is 1. The molecule has 324 valence electrons. The number of rotatable bonds is 11. The standard InChI is InChI=1S/C48H69FN4O6/c1-28(2)37-32(54)26-48(39(56)41-51-50-40(53(41)25-24-52(10)11)29-12-14-30(49)15-13-29)23-22-46(8)31(38(37)48)16-17-34-45(7)20-19-35(59-36(55)27-43(3,4)42(57)58)44(5,6)33(45)18-21-47(34,46)9/h12-15,28,31,33-35,39,56H,16-27H2,1-11H3,(H,57,58)/t31?,33-,34+,35?,39-,45-,46+,47+,48+/m0/s1. The van der Waals surface area contributed by atoms with E-state index in [-0.39, 0.29) is 64.0 Å². The van der Waals surface area contributed by atoms with E-state index < -0.39 is 28.9 Å². The number of carboxylic acid groups (broad SMARTS) is 1. The molecule has 2 N–H and O–H groups in total. The van der Waals surface area contributed by atoms with Gasteiger partial charge in [-0.1, -0.05) is 48.5 Å². The molecule has 5 aliphatic carbocycles. The third-order valence-corrected chi connectivity index (χ3v) is 17.3. The SMILES string of the molecule is CC(C)C1=C2C3CC[C@@H]4[C@@]5(C)CCC(OC(=O)CC(C)(C)C(=O)O)C(C)(C)[C@@H]5CC[C@@]4(C)[C@]3(C)CC[C@@]2([C@@H](O)c2nnc(-c3ccc(F)cc3)n2CCN(C)C)CC1=O. The fraction of sp³-hybridized carbons (Fsp3) is 0.729. The zero-order valence-electron chi connectivity index (χ0n) is 37.5. The van der Waals surface area contributed by atoms with Crippen LogP contribution in [0.3, 0.4) is 0 Å². The lowest BCUT2D eigenvalue weighted by molar-refractivity contribution is -0.235. The first-order valence-electron chi connectivity index (χ1n) is 22.2. The number of ether oxygens (including phenoxy) is 1. The molecular formula is C48H69FN4O6. The van der Waals surface area contributed by atoms with Gasteiger partial charge in [0, 0.05) is 35.9 Å². The summed E-state index contributed by atoms with van der Waals surface area (Å²) in [6.45, 7) is 20.6. The van der Waals surface area contributed by atoms with Crippen LogP contribution in [0.4, 0.5) is 4.39 Å². The molecule has 1 heterocycles. The Morgan fingerprint density at radius 1 is 0.949 bits per heavy atom. The zero-order chi connectivity index (χ0) is 43.2. The van der Waals surface area contributed by atoms with Crippen LogP contribution in [0.15, 0.2) is 35.4 Å². The van der Waals surface area contributed by atoms with Gasteiger partial charge in [0.2, 0.25) is 0 Å². The maximum atomic E-state index is 14.4. The molecule has 0 radical (unpaired) electrons. The van der Waals surface area contributed by atoms with Gasteiger partial charge in [-0.2, -0.15) is 0 Å². The number of Topliss-reactive ketones (excluding diaryl/α,β-unsaturated/α-hetero) is 1. The molecule has 0 bridgehead atoms. The molecule has 10 nitrogen and oxygen atoms in total. The van der Waals surface area contributed by atoms with Crippen molar-refractivity contribution in [3.8, 4) is 11.4 Å². The number of nitrogens with zero attached hydrogens (tertiary/aromatic N) is 4. The normalized spacial score (nSPS) is 34.6. The minimum Gasteiger partial charge on any atom is -0.481 e. The number of carboxylic acids is 1. The van der Waals surface area contributed by atoms with Crippen LogP contribution < -0.4 is 0 Å². The number of carbonyl (C=O) groups excluding carboxylic acids is 2. The highest BCUT2D eigenvalue weighted by atomic mass is 19.1. The summed E-state index contributed by atoms with van der Waals surface area (Å²) < 4.78 is 22.2. The molecule has 1 aromatic heterocycles. The van der Waals surface area contributed by atoms with Crippen molar-refractivity contribution in [2.24, 2.45) is 56.2 Å². The Morgan fingerprint density at radius 2 is 1.63 bits per heavy atom. The number of aromatic nitrogens is 3. The molecule has 5 aliphatic rings. The average molecular weight is 817 g/mol. The molecule has 9 atom stereocenters. The second-order valence-electron chi connectivity index (χ2n) is 21.8. The van der Waals surface area contributed by atoms with Crippen LogP contribution in [0.5, 0.6) is 0 Å². The maximum Gasteiger partial charge on any atom is 0.309 e. The Hall–Kier alpha value is -3.44. The number of likely N-dealkylation sites (N-methyl/N-ethyl adjacent to an activating group) is 1. The summed E-state index contributed by atoms with van der Waals surface area (Å²) in [6, 6.07) is 6.23. The van der Waals surface area contributed by atoms with Crippen LogP contribution in [0.2, 0.25) is 0 Å². The molecule has 2 aromatic rings. The van der Waals surface area contributed by atoms with Gasteiger partial charge in [0.25, 0.3) is 0 Å². The van der Waals surface area contributed by atoms with E-state index in [2.05, 4.69) is 58.5 Å². The zero-order valence-corrected chi connectivity index (χ0v) is 37.5. The van der Waals surface area contributed by atoms with E-state index in [1.807, 2.05) is 18.7 Å². The number of aliphatic hydroxyl groups is 1. The quantitative estimate of drug-likeness (QED) is 0.213. The predicted octanol–water partition coefficient (Wildman–Crippen LogP) is 9.07. The number of ketones is 1. The highest BCUT2D eigenvalue weighted by Crippen LogP contribution is 2.77. The molecule has 4 fully saturated rings. The van der Waals surface area contributed by atoms with Crippen molar-refractivity contribution in [3.63, 3.8) is 0 Å². The van der Waals surface area contributed by atoms with Crippen molar-refractivity contribution >= 4 is 17.7 Å². The molecule has 0 spiro atoms. The highest BCUT2D eigenvalue weighted by Gasteiger charge is 2.71. The Morgan fingerprint density at radius 3 is 2.25 bits per heavy atom. The second-order valence-corrected chi connectivity index (χ2v) is 21.8. The molecular weight excluding hydrogens is 748 g/mol. The summed E-state index contributed by atoms with van der Waals surface area (Å²) in [5, 5.41) is 31.9. The molecule has 0 amide bonds. The van der Waals surface area contributed by atoms with Crippen LogP contribution in [-0.2, 0) is 25.7 Å². The number of benzene rings is 1. The maximum absolute atomic E-state index is 14.4. The van der Waals surface area contributed by atoms with Gasteiger partial charge < -0.3 is 24.4 Å². The van der Waals surface area contributed by atoms with E-state index in [1.165, 1.54) is 12.1 Å². The lowest BCUT2D eigenvalue weighted by Crippen LogP contribution is -2.66. The molecule has 4 saturated carbocycles. The van der Waals surface area contributed by atoms with Crippen LogP contribution in [0.25, 0.3) is 11.4 Å². The van der Waals surface area contributed by atoms with Crippen molar-refractivity contribution in [3.05, 3.63) is 47.1 Å². The molecule has 11 heteroatoms. The minimum atomic E-state index is -1.19. The van der Waals surface area contributed by atoms with Gasteiger partial charge in [0.05, 0.1) is 11.8 Å². The van der Waals surface area contributed by atoms with Gasteiger partial charge in [-0.05, 0) is 155 Å². The fourth-order valence-corrected chi connectivity index (χ4v) is 13.9. The third-order valence-electron chi connectivity index (χ3n) is 17.3. The molecule has 59 heavy (non-hydrogen) atoms. The van der Waals surface area contributed by atoms with E-state index in [0.717, 1.165) is 61.7 Å². The van der Waals surface area contributed by atoms with Gasteiger partial charge >= 0.3 is 11.9 Å². The van der Waals surface area contributed by atoms with E-state index in [4.69, 9.17) is 9.84 Å². The summed E-state index contributed by atoms with van der Waals surface area (Å²) in [5.41, 5.74) is 0.345. The Labute approximate surface area is 350 Å². The molecule has 1 aromatic carbocycles. The van der Waals surface area contributed by atoms with Crippen LogP contribution in [-0.4, -0.2) is 74.3 Å². The Balaban J connectivity index is 1.23.